The number of amides is 2. The summed E-state index contributed by atoms with van der Waals surface area (Å²) in [5.74, 6) is -1.41. The maximum Gasteiger partial charge on any atom is 0.309 e. The number of nitrogens with one attached hydrogen (secondary N) is 2. The van der Waals surface area contributed by atoms with Crippen LogP contribution in [0.3, 0.4) is 0 Å². The van der Waals surface area contributed by atoms with Gasteiger partial charge in [0.25, 0.3) is 0 Å². The van der Waals surface area contributed by atoms with Gasteiger partial charge in [-0.25, -0.2) is 0 Å². The molecule has 88 valence electrons. The van der Waals surface area contributed by atoms with Crippen molar-refractivity contribution in [2.24, 2.45) is 0 Å². The molecule has 1 unspecified atom stereocenters. The minimum Gasteiger partial charge on any atom is -0.392 e. The molecule has 1 rings (SSSR count). The van der Waals surface area contributed by atoms with Crippen LogP contribution in [0.25, 0.3) is 0 Å². The molecule has 1 aromatic heterocycles. The van der Waals surface area contributed by atoms with Gasteiger partial charge in [0.1, 0.15) is 0 Å². The largest absolute Gasteiger partial charge is 0.392 e. The lowest BCUT2D eigenvalue weighted by atomic mass is 10.4. The molecule has 2 amide bonds. The normalized spacial score (nSPS) is 11.9. The number of aliphatic hydroxyl groups is 1. The van der Waals surface area contributed by atoms with Crippen LogP contribution in [0.5, 0.6) is 0 Å². The van der Waals surface area contributed by atoms with Crippen LogP contribution in [0.15, 0.2) is 17.5 Å². The minimum atomic E-state index is -0.725. The lowest BCUT2D eigenvalue weighted by Gasteiger charge is -2.06. The maximum atomic E-state index is 11.3. The zero-order valence-corrected chi connectivity index (χ0v) is 9.71. The van der Waals surface area contributed by atoms with Crippen LogP contribution in [-0.4, -0.2) is 29.6 Å². The van der Waals surface area contributed by atoms with Crippen LogP contribution in [0.1, 0.15) is 11.8 Å². The number of hydrogen-bond acceptors (Lipinski definition) is 4. The SMILES string of the molecule is CC(O)CNC(=O)C(=O)NCc1cccs1. The zero-order valence-electron chi connectivity index (χ0n) is 8.90. The van der Waals surface area contributed by atoms with Gasteiger partial charge in [-0.3, -0.25) is 9.59 Å². The van der Waals surface area contributed by atoms with Gasteiger partial charge in [-0.2, -0.15) is 0 Å². The van der Waals surface area contributed by atoms with Crippen molar-refractivity contribution >= 4 is 23.2 Å². The third-order valence-corrected chi connectivity index (χ3v) is 2.64. The molecule has 0 saturated heterocycles. The highest BCUT2D eigenvalue weighted by Crippen LogP contribution is 2.06. The predicted octanol–water partition coefficient (Wildman–Crippen LogP) is -0.139. The Labute approximate surface area is 97.5 Å². The Morgan fingerprint density at radius 1 is 1.44 bits per heavy atom. The molecule has 0 bridgehead atoms. The van der Waals surface area contributed by atoms with E-state index < -0.39 is 17.9 Å². The van der Waals surface area contributed by atoms with Crippen LogP contribution in [0, 0.1) is 0 Å². The van der Waals surface area contributed by atoms with Crippen molar-refractivity contribution < 1.29 is 14.7 Å². The number of carbonyl (C=O) groups excluding carboxylic acids is 2. The summed E-state index contributed by atoms with van der Waals surface area (Å²) < 4.78 is 0. The summed E-state index contributed by atoms with van der Waals surface area (Å²) in [5, 5.41) is 15.6. The maximum absolute atomic E-state index is 11.3. The molecule has 0 fully saturated rings. The highest BCUT2D eigenvalue weighted by Gasteiger charge is 2.13. The first-order valence-corrected chi connectivity index (χ1v) is 5.74. The molecule has 3 N–H and O–H groups in total. The fraction of sp³-hybridized carbons (Fsp3) is 0.400. The molecule has 0 aliphatic heterocycles. The van der Waals surface area contributed by atoms with Gasteiger partial charge in [0.05, 0.1) is 12.6 Å². The molecule has 0 spiro atoms. The molecular weight excluding hydrogens is 228 g/mol. The van der Waals surface area contributed by atoms with Gasteiger partial charge in [-0.05, 0) is 18.4 Å². The first-order valence-electron chi connectivity index (χ1n) is 4.86. The van der Waals surface area contributed by atoms with E-state index in [1.54, 1.807) is 0 Å². The lowest BCUT2D eigenvalue weighted by Crippen LogP contribution is -2.41. The quantitative estimate of drug-likeness (QED) is 0.643. The highest BCUT2D eigenvalue weighted by molar-refractivity contribution is 7.09. The predicted molar refractivity (Wildman–Crippen MR) is 60.9 cm³/mol. The Bertz CT molecular complexity index is 349. The molecule has 0 aliphatic rings. The Morgan fingerprint density at radius 2 is 2.12 bits per heavy atom. The van der Waals surface area contributed by atoms with Crippen molar-refractivity contribution in [3.05, 3.63) is 22.4 Å². The van der Waals surface area contributed by atoms with Crippen LogP contribution in [-0.2, 0) is 16.1 Å². The summed E-state index contributed by atoms with van der Waals surface area (Å²) in [7, 11) is 0. The average Bonchev–Trinajstić information content (AvgIpc) is 2.75. The first kappa shape index (κ1) is 12.7. The van der Waals surface area contributed by atoms with E-state index in [1.807, 2.05) is 17.5 Å². The van der Waals surface area contributed by atoms with Crippen molar-refractivity contribution in [2.75, 3.05) is 6.54 Å². The van der Waals surface area contributed by atoms with Crippen molar-refractivity contribution in [3.63, 3.8) is 0 Å². The van der Waals surface area contributed by atoms with Crippen molar-refractivity contribution in [1.29, 1.82) is 0 Å². The van der Waals surface area contributed by atoms with Gasteiger partial charge in [0.2, 0.25) is 0 Å². The first-order chi connectivity index (χ1) is 7.59. The Kier molecular flexibility index (Phi) is 4.94. The van der Waals surface area contributed by atoms with Crippen LogP contribution < -0.4 is 10.6 Å². The minimum absolute atomic E-state index is 0.0747. The van der Waals surface area contributed by atoms with Gasteiger partial charge in [-0.1, -0.05) is 6.07 Å². The van der Waals surface area contributed by atoms with Crippen molar-refractivity contribution in [3.8, 4) is 0 Å². The van der Waals surface area contributed by atoms with E-state index >= 15 is 0 Å². The summed E-state index contributed by atoms with van der Waals surface area (Å²) in [6, 6.07) is 3.75. The molecule has 5 nitrogen and oxygen atoms in total. The van der Waals surface area contributed by atoms with Gasteiger partial charge in [0, 0.05) is 11.4 Å². The van der Waals surface area contributed by atoms with Gasteiger partial charge in [0.15, 0.2) is 0 Å². The average molecular weight is 242 g/mol. The smallest absolute Gasteiger partial charge is 0.309 e. The Hall–Kier alpha value is -1.40. The molecule has 1 aromatic rings. The monoisotopic (exact) mass is 242 g/mol. The fourth-order valence-corrected chi connectivity index (χ4v) is 1.63. The molecule has 0 radical (unpaired) electrons. The van der Waals surface area contributed by atoms with E-state index in [0.717, 1.165) is 4.88 Å². The molecular formula is C10H14N2O3S. The molecule has 0 aromatic carbocycles. The zero-order chi connectivity index (χ0) is 12.0. The highest BCUT2D eigenvalue weighted by atomic mass is 32.1. The molecule has 16 heavy (non-hydrogen) atoms. The van der Waals surface area contributed by atoms with Gasteiger partial charge < -0.3 is 15.7 Å². The molecule has 6 heteroatoms. The topological polar surface area (TPSA) is 78.4 Å². The van der Waals surface area contributed by atoms with Crippen molar-refractivity contribution in [1.82, 2.24) is 10.6 Å². The van der Waals surface area contributed by atoms with E-state index in [2.05, 4.69) is 10.6 Å². The second-order valence-corrected chi connectivity index (χ2v) is 4.35. The molecule has 1 heterocycles. The summed E-state index contributed by atoms with van der Waals surface area (Å²) >= 11 is 1.51. The van der Waals surface area contributed by atoms with E-state index in [-0.39, 0.29) is 6.54 Å². The standard InChI is InChI=1S/C10H14N2O3S/c1-7(13)5-11-9(14)10(15)12-6-8-3-2-4-16-8/h2-4,7,13H,5-6H2,1H3,(H,11,14)(H,12,15). The van der Waals surface area contributed by atoms with Crippen LogP contribution >= 0.6 is 11.3 Å². The second-order valence-electron chi connectivity index (χ2n) is 3.32. The van der Waals surface area contributed by atoms with E-state index in [9.17, 15) is 9.59 Å². The van der Waals surface area contributed by atoms with Gasteiger partial charge >= 0.3 is 11.8 Å². The molecule has 0 saturated carbocycles. The Morgan fingerprint density at radius 3 is 2.69 bits per heavy atom. The summed E-state index contributed by atoms with van der Waals surface area (Å²) in [4.78, 5) is 23.4. The summed E-state index contributed by atoms with van der Waals surface area (Å²) in [6.07, 6.45) is -0.658. The summed E-state index contributed by atoms with van der Waals surface area (Å²) in [6.45, 7) is 1.95. The van der Waals surface area contributed by atoms with E-state index in [4.69, 9.17) is 5.11 Å². The van der Waals surface area contributed by atoms with E-state index in [0.29, 0.717) is 6.54 Å². The van der Waals surface area contributed by atoms with Crippen LogP contribution in [0.4, 0.5) is 0 Å². The number of thiophene rings is 1. The van der Waals surface area contributed by atoms with Crippen molar-refractivity contribution in [2.45, 2.75) is 19.6 Å². The molecule has 0 aliphatic carbocycles. The third kappa shape index (κ3) is 4.41. The van der Waals surface area contributed by atoms with E-state index in [1.165, 1.54) is 18.3 Å². The summed E-state index contributed by atoms with van der Waals surface area (Å²) in [5.41, 5.74) is 0. The number of aliphatic hydroxyl groups excluding tert-OH is 1. The van der Waals surface area contributed by atoms with Gasteiger partial charge in [-0.15, -0.1) is 11.3 Å². The molecule has 1 atom stereocenters. The Balaban J connectivity index is 2.26. The fourth-order valence-electron chi connectivity index (χ4n) is 0.982. The van der Waals surface area contributed by atoms with Crippen LogP contribution in [0.2, 0.25) is 0 Å². The second kappa shape index (κ2) is 6.24. The number of carbonyl (C=O) groups is 2. The third-order valence-electron chi connectivity index (χ3n) is 1.77. The number of rotatable bonds is 4. The number of hydrogen-bond donors (Lipinski definition) is 3. The lowest BCUT2D eigenvalue weighted by molar-refractivity contribution is -0.139.